The van der Waals surface area contributed by atoms with Gasteiger partial charge >= 0.3 is 0 Å². The third-order valence-electron chi connectivity index (χ3n) is 2.98. The molecule has 3 rings (SSSR count). The maximum atomic E-state index is 11.6. The summed E-state index contributed by atoms with van der Waals surface area (Å²) >= 11 is 5.95. The zero-order valence-corrected chi connectivity index (χ0v) is 9.94. The molecular formula is C12H12ClNO3. The van der Waals surface area contributed by atoms with Gasteiger partial charge in [-0.3, -0.25) is 4.79 Å². The zero-order chi connectivity index (χ0) is 11.8. The van der Waals surface area contributed by atoms with Crippen molar-refractivity contribution < 1.29 is 14.3 Å². The Hall–Kier alpha value is -1.42. The summed E-state index contributed by atoms with van der Waals surface area (Å²) in [5, 5.41) is -0.0588. The van der Waals surface area contributed by atoms with Crippen molar-refractivity contribution in [3.8, 4) is 11.5 Å². The Morgan fingerprint density at radius 1 is 1.35 bits per heavy atom. The summed E-state index contributed by atoms with van der Waals surface area (Å²) in [6, 6.07) is 5.73. The van der Waals surface area contributed by atoms with E-state index in [0.29, 0.717) is 19.5 Å². The lowest BCUT2D eigenvalue weighted by Gasteiger charge is -2.15. The number of hydrogen-bond donors (Lipinski definition) is 0. The van der Waals surface area contributed by atoms with Crippen LogP contribution in [-0.2, 0) is 11.3 Å². The van der Waals surface area contributed by atoms with Gasteiger partial charge in [-0.15, -0.1) is 11.6 Å². The standard InChI is InChI=1S/C12H12ClNO3/c13-9-4-12(15)14(6-9)5-8-1-2-10-11(3-8)17-7-16-10/h1-3,9H,4-7H2. The third kappa shape index (κ3) is 2.05. The fraction of sp³-hybridized carbons (Fsp3) is 0.417. The van der Waals surface area contributed by atoms with E-state index in [0.717, 1.165) is 17.1 Å². The summed E-state index contributed by atoms with van der Waals surface area (Å²) in [5.74, 6) is 1.62. The molecule has 1 atom stereocenters. The van der Waals surface area contributed by atoms with E-state index in [1.54, 1.807) is 4.90 Å². The van der Waals surface area contributed by atoms with Crippen LogP contribution in [0.1, 0.15) is 12.0 Å². The van der Waals surface area contributed by atoms with Gasteiger partial charge in [0.1, 0.15) is 0 Å². The molecule has 5 heteroatoms. The number of rotatable bonds is 2. The summed E-state index contributed by atoms with van der Waals surface area (Å²) in [6.45, 7) is 1.47. The lowest BCUT2D eigenvalue weighted by molar-refractivity contribution is -0.128. The fourth-order valence-corrected chi connectivity index (χ4v) is 2.44. The predicted octanol–water partition coefficient (Wildman–Crippen LogP) is 1.75. The first-order valence-electron chi connectivity index (χ1n) is 5.53. The van der Waals surface area contributed by atoms with Crippen LogP contribution >= 0.6 is 11.6 Å². The molecule has 1 unspecified atom stereocenters. The van der Waals surface area contributed by atoms with Crippen LogP contribution in [0.3, 0.4) is 0 Å². The second-order valence-electron chi connectivity index (χ2n) is 4.26. The molecule has 0 N–H and O–H groups in total. The lowest BCUT2D eigenvalue weighted by Crippen LogP contribution is -2.24. The van der Waals surface area contributed by atoms with E-state index in [4.69, 9.17) is 21.1 Å². The van der Waals surface area contributed by atoms with E-state index in [1.165, 1.54) is 0 Å². The van der Waals surface area contributed by atoms with Gasteiger partial charge in [-0.1, -0.05) is 6.07 Å². The quantitative estimate of drug-likeness (QED) is 0.754. The van der Waals surface area contributed by atoms with Gasteiger partial charge in [0.25, 0.3) is 0 Å². The van der Waals surface area contributed by atoms with Crippen LogP contribution in [0.25, 0.3) is 0 Å². The topological polar surface area (TPSA) is 38.8 Å². The number of carbonyl (C=O) groups is 1. The monoisotopic (exact) mass is 253 g/mol. The van der Waals surface area contributed by atoms with E-state index < -0.39 is 0 Å². The van der Waals surface area contributed by atoms with Gasteiger partial charge in [0, 0.05) is 19.5 Å². The molecule has 2 heterocycles. The van der Waals surface area contributed by atoms with Gasteiger partial charge < -0.3 is 14.4 Å². The molecule has 1 fully saturated rings. The average molecular weight is 254 g/mol. The van der Waals surface area contributed by atoms with Crippen LogP contribution in [0.2, 0.25) is 0 Å². The lowest BCUT2D eigenvalue weighted by atomic mass is 10.2. The van der Waals surface area contributed by atoms with Gasteiger partial charge in [-0.25, -0.2) is 0 Å². The van der Waals surface area contributed by atoms with Crippen LogP contribution in [-0.4, -0.2) is 29.5 Å². The number of halogens is 1. The molecule has 1 saturated heterocycles. The molecule has 0 bridgehead atoms. The first-order chi connectivity index (χ1) is 8.22. The van der Waals surface area contributed by atoms with E-state index in [9.17, 15) is 4.79 Å². The number of nitrogens with zero attached hydrogens (tertiary/aromatic N) is 1. The summed E-state index contributed by atoms with van der Waals surface area (Å²) in [4.78, 5) is 13.4. The van der Waals surface area contributed by atoms with E-state index in [1.807, 2.05) is 18.2 Å². The molecule has 90 valence electrons. The molecule has 1 aromatic rings. The number of ether oxygens (including phenoxy) is 2. The number of hydrogen-bond acceptors (Lipinski definition) is 3. The number of amides is 1. The average Bonchev–Trinajstić information content (AvgIpc) is 2.85. The molecule has 4 nitrogen and oxygen atoms in total. The highest BCUT2D eigenvalue weighted by molar-refractivity contribution is 6.22. The van der Waals surface area contributed by atoms with Crippen molar-refractivity contribution >= 4 is 17.5 Å². The molecule has 17 heavy (non-hydrogen) atoms. The number of benzene rings is 1. The fourth-order valence-electron chi connectivity index (χ4n) is 2.14. The summed E-state index contributed by atoms with van der Waals surface area (Å²) < 4.78 is 10.5. The zero-order valence-electron chi connectivity index (χ0n) is 9.19. The first-order valence-corrected chi connectivity index (χ1v) is 5.96. The van der Waals surface area contributed by atoms with Gasteiger partial charge in [0.05, 0.1) is 5.38 Å². The Morgan fingerprint density at radius 3 is 2.94 bits per heavy atom. The van der Waals surface area contributed by atoms with Crippen molar-refractivity contribution in [2.24, 2.45) is 0 Å². The Labute approximate surface area is 104 Å². The molecule has 0 saturated carbocycles. The smallest absolute Gasteiger partial charge is 0.231 e. The van der Waals surface area contributed by atoms with Crippen molar-refractivity contribution in [1.82, 2.24) is 4.90 Å². The minimum atomic E-state index is -0.0588. The molecular weight excluding hydrogens is 242 g/mol. The van der Waals surface area contributed by atoms with E-state index in [2.05, 4.69) is 0 Å². The highest BCUT2D eigenvalue weighted by atomic mass is 35.5. The van der Waals surface area contributed by atoms with Gasteiger partial charge in [0.15, 0.2) is 11.5 Å². The second-order valence-corrected chi connectivity index (χ2v) is 4.88. The highest BCUT2D eigenvalue weighted by Gasteiger charge is 2.28. The Morgan fingerprint density at radius 2 is 2.18 bits per heavy atom. The number of carbonyl (C=O) groups excluding carboxylic acids is 1. The summed E-state index contributed by atoms with van der Waals surface area (Å²) in [5.41, 5.74) is 1.04. The van der Waals surface area contributed by atoms with Crippen molar-refractivity contribution in [3.05, 3.63) is 23.8 Å². The Bertz CT molecular complexity index is 463. The minimum absolute atomic E-state index is 0.0588. The molecule has 1 amide bonds. The third-order valence-corrected chi connectivity index (χ3v) is 3.27. The molecule has 0 radical (unpaired) electrons. The van der Waals surface area contributed by atoms with Gasteiger partial charge in [-0.05, 0) is 17.7 Å². The summed E-state index contributed by atoms with van der Waals surface area (Å²) in [7, 11) is 0. The van der Waals surface area contributed by atoms with Crippen LogP contribution in [0.4, 0.5) is 0 Å². The number of fused-ring (bicyclic) bond motifs is 1. The Kier molecular flexibility index (Phi) is 2.59. The minimum Gasteiger partial charge on any atom is -0.454 e. The van der Waals surface area contributed by atoms with Crippen molar-refractivity contribution in [1.29, 1.82) is 0 Å². The first kappa shape index (κ1) is 10.7. The maximum absolute atomic E-state index is 11.6. The van der Waals surface area contributed by atoms with Gasteiger partial charge in [0.2, 0.25) is 12.7 Å². The van der Waals surface area contributed by atoms with Crippen molar-refractivity contribution in [2.75, 3.05) is 13.3 Å². The predicted molar refractivity (Wildman–Crippen MR) is 62.2 cm³/mol. The molecule has 1 aromatic carbocycles. The highest BCUT2D eigenvalue weighted by Crippen LogP contribution is 2.33. The number of likely N-dealkylation sites (tertiary alicyclic amines) is 1. The Balaban J connectivity index is 1.75. The molecule has 2 aliphatic rings. The van der Waals surface area contributed by atoms with E-state index in [-0.39, 0.29) is 18.1 Å². The molecule has 0 spiro atoms. The van der Waals surface area contributed by atoms with Crippen LogP contribution in [0.15, 0.2) is 18.2 Å². The normalized spacial score (nSPS) is 22.3. The van der Waals surface area contributed by atoms with Crippen LogP contribution in [0, 0.1) is 0 Å². The molecule has 0 aliphatic carbocycles. The van der Waals surface area contributed by atoms with Gasteiger partial charge in [-0.2, -0.15) is 0 Å². The van der Waals surface area contributed by atoms with Crippen LogP contribution < -0.4 is 9.47 Å². The summed E-state index contributed by atoms with van der Waals surface area (Å²) in [6.07, 6.45) is 0.437. The van der Waals surface area contributed by atoms with Crippen LogP contribution in [0.5, 0.6) is 11.5 Å². The maximum Gasteiger partial charge on any atom is 0.231 e. The van der Waals surface area contributed by atoms with Crippen molar-refractivity contribution in [3.63, 3.8) is 0 Å². The SMILES string of the molecule is O=C1CC(Cl)CN1Cc1ccc2c(c1)OCO2. The second kappa shape index (κ2) is 4.11. The molecule has 2 aliphatic heterocycles. The van der Waals surface area contributed by atoms with E-state index >= 15 is 0 Å². The molecule has 0 aromatic heterocycles. The number of alkyl halides is 1. The largest absolute Gasteiger partial charge is 0.454 e. The van der Waals surface area contributed by atoms with Crippen molar-refractivity contribution in [2.45, 2.75) is 18.3 Å².